The van der Waals surface area contributed by atoms with Gasteiger partial charge in [-0.1, -0.05) is 6.08 Å². The van der Waals surface area contributed by atoms with Gasteiger partial charge in [0.15, 0.2) is 12.3 Å². The average molecular weight is 303 g/mol. The number of hydrogen-bond acceptors (Lipinski definition) is 6. The number of hydroxylamine groups is 1. The van der Waals surface area contributed by atoms with Gasteiger partial charge in [0.1, 0.15) is 13.2 Å². The first-order chi connectivity index (χ1) is 9.73. The van der Waals surface area contributed by atoms with Crippen molar-refractivity contribution in [3.05, 3.63) is 17.9 Å². The average Bonchev–Trinajstić information content (AvgIpc) is 2.42. The Balaban J connectivity index is 3.16. The summed E-state index contributed by atoms with van der Waals surface area (Å²) in [4.78, 5) is 0. The summed E-state index contributed by atoms with van der Waals surface area (Å²) in [6.45, 7) is 6.89. The van der Waals surface area contributed by atoms with Crippen LogP contribution < -0.4 is 0 Å². The Morgan fingerprint density at radius 3 is 2.29 bits per heavy atom. The van der Waals surface area contributed by atoms with E-state index >= 15 is 0 Å². The molecule has 0 radical (unpaired) electrons. The molecule has 21 heavy (non-hydrogen) atoms. The van der Waals surface area contributed by atoms with Gasteiger partial charge in [0, 0.05) is 14.2 Å². The van der Waals surface area contributed by atoms with Gasteiger partial charge in [-0.05, 0) is 20.3 Å². The molecule has 0 unspecified atom stereocenters. The predicted octanol–water partition coefficient (Wildman–Crippen LogP) is 0.643. The van der Waals surface area contributed by atoms with Gasteiger partial charge in [-0.15, -0.1) is 6.58 Å². The maximum atomic E-state index is 11.3. The zero-order chi connectivity index (χ0) is 16.3. The summed E-state index contributed by atoms with van der Waals surface area (Å²) in [5.41, 5.74) is 0. The van der Waals surface area contributed by atoms with Crippen molar-refractivity contribution in [1.82, 2.24) is 0 Å². The van der Waals surface area contributed by atoms with Gasteiger partial charge in [-0.25, -0.2) is 4.74 Å². The van der Waals surface area contributed by atoms with E-state index in [1.807, 2.05) is 0 Å². The first-order valence-corrected chi connectivity index (χ1v) is 6.73. The van der Waals surface area contributed by atoms with Crippen molar-refractivity contribution in [3.8, 4) is 0 Å². The lowest BCUT2D eigenvalue weighted by atomic mass is 9.99. The molecule has 0 aromatic heterocycles. The molecule has 7 nitrogen and oxygen atoms in total. The minimum Gasteiger partial charge on any atom is -0.624 e. The number of ether oxygens (including phenoxy) is 4. The lowest BCUT2D eigenvalue weighted by Crippen LogP contribution is -2.67. The number of rotatable bonds is 6. The van der Waals surface area contributed by atoms with Crippen LogP contribution in [0.3, 0.4) is 0 Å². The fourth-order valence-electron chi connectivity index (χ4n) is 2.26. The Labute approximate surface area is 125 Å². The molecule has 0 aromatic carbocycles. The van der Waals surface area contributed by atoms with E-state index in [-0.39, 0.29) is 0 Å². The Hall–Kier alpha value is -0.990. The topological polar surface area (TPSA) is 83.2 Å². The zero-order valence-corrected chi connectivity index (χ0v) is 13.2. The highest BCUT2D eigenvalue weighted by molar-refractivity contribution is 5.59. The highest BCUT2D eigenvalue weighted by atomic mass is 16.8. The molecule has 1 rings (SSSR count). The van der Waals surface area contributed by atoms with E-state index in [4.69, 9.17) is 18.9 Å². The van der Waals surface area contributed by atoms with Crippen molar-refractivity contribution >= 4 is 6.21 Å². The van der Waals surface area contributed by atoms with E-state index in [0.717, 1.165) is 0 Å². The second kappa shape index (κ2) is 6.85. The molecule has 0 aliphatic carbocycles. The molecule has 5 atom stereocenters. The van der Waals surface area contributed by atoms with E-state index in [2.05, 4.69) is 6.58 Å². The molecule has 1 aliphatic heterocycles. The van der Waals surface area contributed by atoms with Crippen LogP contribution in [0, 0.1) is 5.21 Å². The highest BCUT2D eigenvalue weighted by Crippen LogP contribution is 2.39. The summed E-state index contributed by atoms with van der Waals surface area (Å²) >= 11 is 0. The molecule has 1 heterocycles. The van der Waals surface area contributed by atoms with Crippen LogP contribution in [0.2, 0.25) is 0 Å². The number of aliphatic hydroxyl groups excluding tert-OH is 1. The van der Waals surface area contributed by atoms with Crippen LogP contribution in [0.15, 0.2) is 12.7 Å². The molecule has 1 fully saturated rings. The number of aliphatic hydroxyl groups is 1. The van der Waals surface area contributed by atoms with Gasteiger partial charge in [0.2, 0.25) is 11.6 Å². The van der Waals surface area contributed by atoms with Crippen molar-refractivity contribution < 1.29 is 28.8 Å². The van der Waals surface area contributed by atoms with Gasteiger partial charge in [0.25, 0.3) is 0 Å². The normalized spacial score (nSPS) is 39.0. The zero-order valence-electron chi connectivity index (χ0n) is 13.2. The molecule has 0 spiro atoms. The van der Waals surface area contributed by atoms with E-state index in [1.165, 1.54) is 27.5 Å². The quantitative estimate of drug-likeness (QED) is 0.255. The third kappa shape index (κ3) is 3.61. The number of hydrogen-bond donors (Lipinski definition) is 1. The fourth-order valence-corrected chi connectivity index (χ4v) is 2.26. The lowest BCUT2D eigenvalue weighted by Gasteiger charge is -2.51. The lowest BCUT2D eigenvalue weighted by molar-refractivity contribution is -0.459. The fraction of sp³-hybridized carbons (Fsp3) is 0.786. The van der Waals surface area contributed by atoms with Gasteiger partial charge in [-0.2, -0.15) is 0 Å². The smallest absolute Gasteiger partial charge is 0.221 e. The minimum absolute atomic E-state index is 0.296. The molecule has 0 bridgehead atoms. The highest BCUT2D eigenvalue weighted by Gasteiger charge is 2.58. The van der Waals surface area contributed by atoms with Crippen LogP contribution in [-0.4, -0.2) is 67.2 Å². The summed E-state index contributed by atoms with van der Waals surface area (Å²) < 4.78 is 23.1. The molecule has 0 saturated carbocycles. The van der Waals surface area contributed by atoms with E-state index in [9.17, 15) is 10.3 Å². The Kier molecular flexibility index (Phi) is 5.89. The number of nitrogens with zero attached hydrogens (tertiary/aromatic N) is 1. The first-order valence-electron chi connectivity index (χ1n) is 6.73. The molecule has 0 amide bonds. The molecular weight excluding hydrogens is 278 g/mol. The van der Waals surface area contributed by atoms with Crippen LogP contribution >= 0.6 is 0 Å². The Morgan fingerprint density at radius 1 is 1.33 bits per heavy atom. The molecule has 7 heteroatoms. The van der Waals surface area contributed by atoms with Gasteiger partial charge >= 0.3 is 0 Å². The van der Waals surface area contributed by atoms with Gasteiger partial charge in [-0.3, -0.25) is 0 Å². The van der Waals surface area contributed by atoms with Crippen LogP contribution in [-0.2, 0) is 18.9 Å². The van der Waals surface area contributed by atoms with E-state index in [1.54, 1.807) is 19.9 Å². The van der Waals surface area contributed by atoms with Crippen LogP contribution in [0.1, 0.15) is 20.3 Å². The van der Waals surface area contributed by atoms with Crippen molar-refractivity contribution in [2.45, 2.75) is 50.2 Å². The summed E-state index contributed by atoms with van der Waals surface area (Å²) in [5.74, 6) is -2.47. The van der Waals surface area contributed by atoms with Crippen molar-refractivity contribution in [2.24, 2.45) is 0 Å². The second-order valence-corrected chi connectivity index (χ2v) is 5.25. The molecule has 1 aliphatic rings. The third-order valence-corrected chi connectivity index (χ3v) is 3.79. The van der Waals surface area contributed by atoms with Gasteiger partial charge < -0.3 is 29.3 Å². The Bertz CT molecular complexity index is 397. The van der Waals surface area contributed by atoms with Crippen LogP contribution in [0.25, 0.3) is 0 Å². The van der Waals surface area contributed by atoms with E-state index < -0.39 is 29.9 Å². The van der Waals surface area contributed by atoms with E-state index in [0.29, 0.717) is 11.2 Å². The SMILES string of the molecule is C=CC[C@H](O)[C@H]1O[C@](C)(OC)[C@@](C)(OC)O[C@@H]1/C=[N+](\C)[O-]. The molecule has 1 N–H and O–H groups in total. The van der Waals surface area contributed by atoms with Crippen LogP contribution in [0.5, 0.6) is 0 Å². The second-order valence-electron chi connectivity index (χ2n) is 5.25. The maximum absolute atomic E-state index is 11.3. The van der Waals surface area contributed by atoms with Gasteiger partial charge in [0.05, 0.1) is 6.10 Å². The standard InChI is InChI=1S/C14H25NO6/c1-7-8-10(16)12-11(9-15(4)17)20-13(2,18-5)14(3,19-6)21-12/h7,9-12,16H,1,8H2,2-6H3/b15-9+/t10-,11+,12+,13-,14-/m0/s1. The summed E-state index contributed by atoms with van der Waals surface area (Å²) in [6, 6.07) is 0. The number of methoxy groups -OCH3 is 2. The third-order valence-electron chi connectivity index (χ3n) is 3.79. The first kappa shape index (κ1) is 18.1. The largest absolute Gasteiger partial charge is 0.624 e. The van der Waals surface area contributed by atoms with Crippen molar-refractivity contribution in [1.29, 1.82) is 0 Å². The molecule has 1 saturated heterocycles. The maximum Gasteiger partial charge on any atom is 0.221 e. The summed E-state index contributed by atoms with van der Waals surface area (Å²) in [6.07, 6.45) is 0.691. The molecule has 122 valence electrons. The van der Waals surface area contributed by atoms with Crippen molar-refractivity contribution in [2.75, 3.05) is 21.3 Å². The molecular formula is C14H25NO6. The van der Waals surface area contributed by atoms with Crippen molar-refractivity contribution in [3.63, 3.8) is 0 Å². The molecule has 0 aromatic rings. The summed E-state index contributed by atoms with van der Waals surface area (Å²) in [5, 5.41) is 21.5. The summed E-state index contributed by atoms with van der Waals surface area (Å²) in [7, 11) is 4.25. The monoisotopic (exact) mass is 303 g/mol. The minimum atomic E-state index is -1.24. The Morgan fingerprint density at radius 2 is 1.86 bits per heavy atom. The van der Waals surface area contributed by atoms with Crippen LogP contribution in [0.4, 0.5) is 0 Å². The predicted molar refractivity (Wildman–Crippen MR) is 77.0 cm³/mol.